The number of nitrogens with one attached hydrogen (secondary N) is 1. The minimum Gasteiger partial charge on any atom is -0.405 e. The van der Waals surface area contributed by atoms with Crippen molar-refractivity contribution in [2.24, 2.45) is 4.99 Å². The van der Waals surface area contributed by atoms with E-state index in [1.807, 2.05) is 35.9 Å². The number of nitrogens with zero attached hydrogens (tertiary/aromatic N) is 3. The zero-order chi connectivity index (χ0) is 21.1. The molecule has 1 saturated heterocycles. The van der Waals surface area contributed by atoms with Crippen molar-refractivity contribution < 1.29 is 18.6 Å². The Morgan fingerprint density at radius 3 is 2.67 bits per heavy atom. The van der Waals surface area contributed by atoms with Gasteiger partial charge in [0.2, 0.25) is 0 Å². The third kappa shape index (κ3) is 4.48. The lowest BCUT2D eigenvalue weighted by Crippen LogP contribution is -2.36. The topological polar surface area (TPSA) is 110 Å². The Balaban J connectivity index is 1.61. The van der Waals surface area contributed by atoms with E-state index in [1.54, 1.807) is 0 Å². The summed E-state index contributed by atoms with van der Waals surface area (Å²) in [6.45, 7) is 4.16. The van der Waals surface area contributed by atoms with Gasteiger partial charge in [0.15, 0.2) is 0 Å². The maximum absolute atomic E-state index is 14.0. The molecule has 30 heavy (non-hydrogen) atoms. The number of morpholine rings is 1. The van der Waals surface area contributed by atoms with Crippen LogP contribution < -0.4 is 5.09 Å². The molecule has 0 radical (unpaired) electrons. The molecule has 1 aromatic carbocycles. The van der Waals surface area contributed by atoms with E-state index < -0.39 is 12.4 Å². The van der Waals surface area contributed by atoms with Gasteiger partial charge in [-0.1, -0.05) is 17.7 Å². The van der Waals surface area contributed by atoms with Crippen molar-refractivity contribution >= 4 is 24.7 Å². The average molecular weight is 432 g/mol. The molecule has 1 fully saturated rings. The number of hydrogen-bond acceptors (Lipinski definition) is 6. The zero-order valence-corrected chi connectivity index (χ0v) is 17.8. The molecule has 9 nitrogen and oxygen atoms in total. The minimum atomic E-state index is -3.07. The number of nitro groups is 1. The summed E-state index contributed by atoms with van der Waals surface area (Å²) in [4.78, 5) is 15.2. The van der Waals surface area contributed by atoms with Crippen molar-refractivity contribution in [2.75, 3.05) is 37.7 Å². The molecule has 1 aliphatic carbocycles. The second kappa shape index (κ2) is 8.71. The van der Waals surface area contributed by atoms with Crippen LogP contribution in [-0.2, 0) is 15.7 Å². The van der Waals surface area contributed by atoms with Gasteiger partial charge in [-0.05, 0) is 31.9 Å². The van der Waals surface area contributed by atoms with E-state index >= 15 is 0 Å². The van der Waals surface area contributed by atoms with Gasteiger partial charge in [-0.25, -0.2) is 4.67 Å². The lowest BCUT2D eigenvalue weighted by molar-refractivity contribution is -0.402. The first kappa shape index (κ1) is 20.8. The number of aliphatic imine (C=N–C) groups is 1. The molecule has 1 N–H and O–H groups in total. The Morgan fingerprint density at radius 2 is 1.97 bits per heavy atom. The SMILES string of the molecule is Cc1ccc(NP(=O)(CN=C2CCCc3oc([N+](=O)[O-])cc32)N2CCOCC2)cc1. The molecule has 0 spiro atoms. The highest BCUT2D eigenvalue weighted by Crippen LogP contribution is 2.50. The molecule has 2 aromatic rings. The van der Waals surface area contributed by atoms with E-state index in [4.69, 9.17) is 9.15 Å². The van der Waals surface area contributed by atoms with Crippen molar-refractivity contribution in [3.05, 3.63) is 57.3 Å². The van der Waals surface area contributed by atoms with Crippen molar-refractivity contribution in [1.82, 2.24) is 4.67 Å². The van der Waals surface area contributed by atoms with Gasteiger partial charge in [0.25, 0.3) is 7.44 Å². The Bertz CT molecular complexity index is 995. The predicted octanol–water partition coefficient (Wildman–Crippen LogP) is 4.22. The Morgan fingerprint density at radius 1 is 1.23 bits per heavy atom. The van der Waals surface area contributed by atoms with Gasteiger partial charge in [0, 0.05) is 36.5 Å². The minimum absolute atomic E-state index is 0.0780. The highest BCUT2D eigenvalue weighted by atomic mass is 31.2. The number of benzene rings is 1. The van der Waals surface area contributed by atoms with E-state index in [2.05, 4.69) is 10.1 Å². The highest BCUT2D eigenvalue weighted by Gasteiger charge is 2.33. The summed E-state index contributed by atoms with van der Waals surface area (Å²) in [6.07, 6.45) is 2.20. The standard InChI is InChI=1S/C20H25N4O5P/c1-15-5-7-16(8-6-15)22-30(27,23-9-11-28-12-10-23)14-21-18-3-2-4-19-17(18)13-20(29-19)24(25)26/h5-8,13H,2-4,9-12,14H2,1H3,(H,22,27). The molecule has 4 rings (SSSR count). The van der Waals surface area contributed by atoms with Gasteiger partial charge in [-0.2, -0.15) is 0 Å². The molecule has 160 valence electrons. The van der Waals surface area contributed by atoms with Crippen LogP contribution in [0.2, 0.25) is 0 Å². The summed E-state index contributed by atoms with van der Waals surface area (Å²) < 4.78 is 26.7. The molecule has 2 heterocycles. The summed E-state index contributed by atoms with van der Waals surface area (Å²) in [7, 11) is -3.07. The number of aryl methyl sites for hydroxylation is 2. The molecule has 1 atom stereocenters. The number of rotatable bonds is 6. The molecule has 2 aliphatic rings. The molecule has 0 amide bonds. The van der Waals surface area contributed by atoms with Crippen molar-refractivity contribution in [1.29, 1.82) is 0 Å². The maximum Gasteiger partial charge on any atom is 0.433 e. The second-order valence-corrected chi connectivity index (χ2v) is 10.00. The van der Waals surface area contributed by atoms with Gasteiger partial charge in [-0.15, -0.1) is 0 Å². The van der Waals surface area contributed by atoms with Gasteiger partial charge in [0.1, 0.15) is 17.0 Å². The van der Waals surface area contributed by atoms with Crippen LogP contribution in [-0.4, -0.2) is 47.9 Å². The molecule has 0 saturated carbocycles. The fourth-order valence-corrected chi connectivity index (χ4v) is 5.85. The van der Waals surface area contributed by atoms with Gasteiger partial charge >= 0.3 is 5.88 Å². The van der Waals surface area contributed by atoms with Crippen LogP contribution in [0.15, 0.2) is 39.7 Å². The molecular weight excluding hydrogens is 407 g/mol. The fourth-order valence-electron chi connectivity index (χ4n) is 3.73. The third-order valence-corrected chi connectivity index (χ3v) is 7.80. The Hall–Kier alpha value is -2.48. The zero-order valence-electron chi connectivity index (χ0n) is 16.9. The van der Waals surface area contributed by atoms with E-state index in [0.717, 1.165) is 17.7 Å². The number of fused-ring (bicyclic) bond motifs is 1. The first-order valence-electron chi connectivity index (χ1n) is 10.0. The molecule has 10 heteroatoms. The van der Waals surface area contributed by atoms with Gasteiger partial charge in [0.05, 0.1) is 19.3 Å². The number of anilines is 1. The summed E-state index contributed by atoms with van der Waals surface area (Å²) >= 11 is 0. The maximum atomic E-state index is 14.0. The monoisotopic (exact) mass is 432 g/mol. The predicted molar refractivity (Wildman–Crippen MR) is 115 cm³/mol. The second-order valence-electron chi connectivity index (χ2n) is 7.52. The molecule has 1 aromatic heterocycles. The Labute approximate surface area is 174 Å². The third-order valence-electron chi connectivity index (χ3n) is 5.36. The number of hydrogen-bond donors (Lipinski definition) is 1. The van der Waals surface area contributed by atoms with Crippen molar-refractivity contribution in [3.63, 3.8) is 0 Å². The lowest BCUT2D eigenvalue weighted by atomic mass is 9.96. The largest absolute Gasteiger partial charge is 0.433 e. The van der Waals surface area contributed by atoms with E-state index in [0.29, 0.717) is 56.2 Å². The first-order chi connectivity index (χ1) is 14.4. The smallest absolute Gasteiger partial charge is 0.405 e. The fraction of sp³-hybridized carbons (Fsp3) is 0.450. The number of furan rings is 1. The van der Waals surface area contributed by atoms with E-state index in [9.17, 15) is 14.7 Å². The van der Waals surface area contributed by atoms with Crippen LogP contribution in [0, 0.1) is 17.0 Å². The van der Waals surface area contributed by atoms with Crippen LogP contribution >= 0.6 is 7.44 Å². The average Bonchev–Trinajstić information content (AvgIpc) is 3.20. The Kier molecular flexibility index (Phi) is 6.04. The molecule has 1 unspecified atom stereocenters. The summed E-state index contributed by atoms with van der Waals surface area (Å²) in [5.74, 6) is 0.308. The van der Waals surface area contributed by atoms with Gasteiger partial charge in [-0.3, -0.25) is 19.7 Å². The number of ether oxygens (including phenoxy) is 1. The van der Waals surface area contributed by atoms with Gasteiger partial charge < -0.3 is 14.2 Å². The van der Waals surface area contributed by atoms with Crippen molar-refractivity contribution in [3.8, 4) is 0 Å². The highest BCUT2D eigenvalue weighted by molar-refractivity contribution is 7.63. The quantitative estimate of drug-likeness (QED) is 0.413. The first-order valence-corrected chi connectivity index (χ1v) is 11.9. The summed E-state index contributed by atoms with van der Waals surface area (Å²) in [5.41, 5.74) is 3.28. The van der Waals surface area contributed by atoms with Crippen LogP contribution in [0.5, 0.6) is 0 Å². The van der Waals surface area contributed by atoms with Crippen LogP contribution in [0.25, 0.3) is 0 Å². The van der Waals surface area contributed by atoms with Crippen LogP contribution in [0.1, 0.15) is 29.7 Å². The van der Waals surface area contributed by atoms with Crippen LogP contribution in [0.3, 0.4) is 0 Å². The lowest BCUT2D eigenvalue weighted by Gasteiger charge is -2.34. The summed E-state index contributed by atoms with van der Waals surface area (Å²) in [6, 6.07) is 9.19. The normalized spacial score (nSPS) is 20.5. The van der Waals surface area contributed by atoms with E-state index in [1.165, 1.54) is 6.07 Å². The van der Waals surface area contributed by atoms with E-state index in [-0.39, 0.29) is 12.2 Å². The summed E-state index contributed by atoms with van der Waals surface area (Å²) in [5, 5.41) is 14.3. The molecule has 0 bridgehead atoms. The van der Waals surface area contributed by atoms with Crippen LogP contribution in [0.4, 0.5) is 11.6 Å². The molecule has 1 aliphatic heterocycles. The van der Waals surface area contributed by atoms with Crippen molar-refractivity contribution in [2.45, 2.75) is 26.2 Å². The molecular formula is C20H25N4O5P.